The first-order valence-electron chi connectivity index (χ1n) is 7.87. The topological polar surface area (TPSA) is 66.2 Å². The van der Waals surface area contributed by atoms with Gasteiger partial charge in [-0.15, -0.1) is 0 Å². The molecule has 1 aliphatic heterocycles. The van der Waals surface area contributed by atoms with E-state index in [-0.39, 0.29) is 28.8 Å². The summed E-state index contributed by atoms with van der Waals surface area (Å²) in [7, 11) is 1.25. The van der Waals surface area contributed by atoms with E-state index in [1.807, 2.05) is 13.8 Å². The maximum atomic E-state index is 13.3. The summed E-state index contributed by atoms with van der Waals surface area (Å²) in [5, 5.41) is 9.34. The van der Waals surface area contributed by atoms with Gasteiger partial charge in [-0.3, -0.25) is 0 Å². The number of alkyl halides is 3. The molecule has 5 nitrogen and oxygen atoms in total. The van der Waals surface area contributed by atoms with Crippen molar-refractivity contribution < 1.29 is 22.7 Å². The maximum absolute atomic E-state index is 13.3. The fourth-order valence-electron chi connectivity index (χ4n) is 4.09. The highest BCUT2D eigenvalue weighted by Crippen LogP contribution is 2.65. The summed E-state index contributed by atoms with van der Waals surface area (Å²) in [5.74, 6) is -0.477. The standard InChI is InChI=1S/C17H18F3N3O2/c1-8-5-10(17(18,19)20)9(6-21)14(22-8)23-7-11-12(16(11,2)3)13(23)15(24)25-4/h5,11-13H,7H2,1-4H3/t11-,12-,13+/m1/s1. The number of carbonyl (C=O) groups is 1. The van der Waals surface area contributed by atoms with Crippen LogP contribution in [0.5, 0.6) is 0 Å². The Labute approximate surface area is 143 Å². The molecule has 3 rings (SSSR count). The molecule has 1 aromatic heterocycles. The number of pyridine rings is 1. The van der Waals surface area contributed by atoms with Crippen LogP contribution < -0.4 is 4.90 Å². The van der Waals surface area contributed by atoms with Crippen LogP contribution in [-0.2, 0) is 15.7 Å². The highest BCUT2D eigenvalue weighted by Gasteiger charge is 2.69. The molecule has 2 fully saturated rings. The molecule has 0 amide bonds. The zero-order valence-electron chi connectivity index (χ0n) is 14.3. The first-order chi connectivity index (χ1) is 11.5. The maximum Gasteiger partial charge on any atom is 0.417 e. The average molecular weight is 353 g/mol. The van der Waals surface area contributed by atoms with Crippen LogP contribution >= 0.6 is 0 Å². The zero-order chi connectivity index (χ0) is 18.7. The zero-order valence-corrected chi connectivity index (χ0v) is 14.3. The summed E-state index contributed by atoms with van der Waals surface area (Å²) in [6.45, 7) is 5.85. The van der Waals surface area contributed by atoms with E-state index in [1.165, 1.54) is 18.9 Å². The molecule has 0 aromatic carbocycles. The van der Waals surface area contributed by atoms with Gasteiger partial charge in [-0.2, -0.15) is 18.4 Å². The fourth-order valence-corrected chi connectivity index (χ4v) is 4.09. The number of carbonyl (C=O) groups excluding carboxylic acids is 1. The third-order valence-corrected chi connectivity index (χ3v) is 5.47. The first kappa shape index (κ1) is 17.5. The van der Waals surface area contributed by atoms with Gasteiger partial charge in [0, 0.05) is 18.2 Å². The van der Waals surface area contributed by atoms with E-state index in [0.717, 1.165) is 6.07 Å². The first-order valence-corrected chi connectivity index (χ1v) is 7.87. The van der Waals surface area contributed by atoms with Gasteiger partial charge in [0.1, 0.15) is 23.5 Å². The Balaban J connectivity index is 2.12. The number of hydrogen-bond acceptors (Lipinski definition) is 5. The largest absolute Gasteiger partial charge is 0.467 e. The predicted octanol–water partition coefficient (Wildman–Crippen LogP) is 2.91. The van der Waals surface area contributed by atoms with Gasteiger partial charge in [-0.05, 0) is 24.3 Å². The molecule has 0 bridgehead atoms. The molecule has 1 aromatic rings. The number of anilines is 1. The Bertz CT molecular complexity index is 783. The van der Waals surface area contributed by atoms with Crippen molar-refractivity contribution in [2.24, 2.45) is 17.3 Å². The lowest BCUT2D eigenvalue weighted by Gasteiger charge is -2.31. The van der Waals surface area contributed by atoms with Crippen LogP contribution in [0.25, 0.3) is 0 Å². The van der Waals surface area contributed by atoms with Crippen LogP contribution in [-0.4, -0.2) is 30.6 Å². The smallest absolute Gasteiger partial charge is 0.417 e. The number of methoxy groups -OCH3 is 1. The highest BCUT2D eigenvalue weighted by molar-refractivity contribution is 5.83. The third-order valence-electron chi connectivity index (χ3n) is 5.47. The van der Waals surface area contributed by atoms with E-state index in [1.54, 1.807) is 6.07 Å². The van der Waals surface area contributed by atoms with Gasteiger partial charge in [0.25, 0.3) is 0 Å². The Kier molecular flexibility index (Phi) is 3.75. The molecule has 0 unspecified atom stereocenters. The molecule has 0 spiro atoms. The fraction of sp³-hybridized carbons (Fsp3) is 0.588. The van der Waals surface area contributed by atoms with Crippen LogP contribution in [0, 0.1) is 35.5 Å². The summed E-state index contributed by atoms with van der Waals surface area (Å²) < 4.78 is 44.8. The normalized spacial score (nSPS) is 26.8. The Morgan fingerprint density at radius 2 is 2.12 bits per heavy atom. The number of ether oxygens (including phenoxy) is 1. The van der Waals surface area contributed by atoms with E-state index >= 15 is 0 Å². The molecule has 1 saturated heterocycles. The number of nitrogens with zero attached hydrogens (tertiary/aromatic N) is 3. The van der Waals surface area contributed by atoms with Gasteiger partial charge >= 0.3 is 12.1 Å². The predicted molar refractivity (Wildman–Crippen MR) is 82.6 cm³/mol. The minimum absolute atomic E-state index is 0.0249. The lowest BCUT2D eigenvalue weighted by Crippen LogP contribution is -2.43. The van der Waals surface area contributed by atoms with Crippen molar-refractivity contribution in [3.8, 4) is 6.07 Å². The molecular formula is C17H18F3N3O2. The van der Waals surface area contributed by atoms with Crippen LogP contribution in [0.4, 0.5) is 19.0 Å². The summed E-state index contributed by atoms with van der Waals surface area (Å²) in [6.07, 6.45) is -4.67. The lowest BCUT2D eigenvalue weighted by molar-refractivity contribution is -0.142. The number of rotatable bonds is 2. The number of aromatic nitrogens is 1. The number of nitriles is 1. The van der Waals surface area contributed by atoms with Crippen molar-refractivity contribution in [3.05, 3.63) is 22.9 Å². The van der Waals surface area contributed by atoms with Gasteiger partial charge < -0.3 is 9.64 Å². The van der Waals surface area contributed by atoms with Crippen molar-refractivity contribution in [1.29, 1.82) is 5.26 Å². The number of hydrogen-bond donors (Lipinski definition) is 0. The van der Waals surface area contributed by atoms with Crippen molar-refractivity contribution in [3.63, 3.8) is 0 Å². The Morgan fingerprint density at radius 1 is 1.48 bits per heavy atom. The van der Waals surface area contributed by atoms with E-state index in [2.05, 4.69) is 4.98 Å². The van der Waals surface area contributed by atoms with Crippen LogP contribution in [0.1, 0.15) is 30.7 Å². The minimum atomic E-state index is -4.67. The molecule has 0 radical (unpaired) electrons. The molecule has 134 valence electrons. The quantitative estimate of drug-likeness (QED) is 0.765. The monoisotopic (exact) mass is 353 g/mol. The van der Waals surface area contributed by atoms with Crippen molar-refractivity contribution in [1.82, 2.24) is 4.98 Å². The van der Waals surface area contributed by atoms with E-state index in [0.29, 0.717) is 6.54 Å². The van der Waals surface area contributed by atoms with Gasteiger partial charge in [0.05, 0.1) is 12.7 Å². The molecule has 1 saturated carbocycles. The molecular weight excluding hydrogens is 335 g/mol. The summed E-state index contributed by atoms with van der Waals surface area (Å²) >= 11 is 0. The second-order valence-electron chi connectivity index (χ2n) is 7.19. The number of esters is 1. The van der Waals surface area contributed by atoms with E-state index in [9.17, 15) is 23.2 Å². The molecule has 25 heavy (non-hydrogen) atoms. The van der Waals surface area contributed by atoms with Gasteiger partial charge in [0.15, 0.2) is 0 Å². The van der Waals surface area contributed by atoms with Crippen LogP contribution in [0.15, 0.2) is 6.07 Å². The number of halogens is 3. The molecule has 2 heterocycles. The van der Waals surface area contributed by atoms with Crippen molar-refractivity contribution in [2.75, 3.05) is 18.6 Å². The number of piperidine rings is 1. The molecule has 3 atom stereocenters. The second-order valence-corrected chi connectivity index (χ2v) is 7.19. The van der Waals surface area contributed by atoms with Crippen molar-refractivity contribution in [2.45, 2.75) is 33.0 Å². The number of aryl methyl sites for hydroxylation is 1. The molecule has 0 N–H and O–H groups in total. The molecule has 2 aliphatic rings. The average Bonchev–Trinajstić information content (AvgIpc) is 2.88. The SMILES string of the molecule is COC(=O)[C@@H]1[C@H]2[C@@H](CN1c1nc(C)cc(C(F)(F)F)c1C#N)C2(C)C. The van der Waals surface area contributed by atoms with Crippen molar-refractivity contribution >= 4 is 11.8 Å². The van der Waals surface area contributed by atoms with Gasteiger partial charge in [-0.25, -0.2) is 9.78 Å². The second kappa shape index (κ2) is 5.35. The van der Waals surface area contributed by atoms with Gasteiger partial charge in [0.2, 0.25) is 0 Å². The summed E-state index contributed by atoms with van der Waals surface area (Å²) in [4.78, 5) is 18.0. The van der Waals surface area contributed by atoms with Crippen LogP contribution in [0.3, 0.4) is 0 Å². The third kappa shape index (κ3) is 2.53. The van der Waals surface area contributed by atoms with Gasteiger partial charge in [-0.1, -0.05) is 13.8 Å². The van der Waals surface area contributed by atoms with E-state index < -0.39 is 29.3 Å². The lowest BCUT2D eigenvalue weighted by atomic mass is 10.00. The Morgan fingerprint density at radius 3 is 2.64 bits per heavy atom. The highest BCUT2D eigenvalue weighted by atomic mass is 19.4. The Hall–Kier alpha value is -2.30. The molecule has 8 heteroatoms. The summed E-state index contributed by atoms with van der Waals surface area (Å²) in [5.41, 5.74) is -1.52. The number of fused-ring (bicyclic) bond motifs is 1. The summed E-state index contributed by atoms with van der Waals surface area (Å²) in [6, 6.07) is 1.75. The van der Waals surface area contributed by atoms with E-state index in [4.69, 9.17) is 4.74 Å². The molecule has 1 aliphatic carbocycles. The van der Waals surface area contributed by atoms with Crippen LogP contribution in [0.2, 0.25) is 0 Å². The minimum Gasteiger partial charge on any atom is -0.467 e.